The van der Waals surface area contributed by atoms with Crippen LogP contribution in [-0.4, -0.2) is 19.6 Å². The lowest BCUT2D eigenvalue weighted by Gasteiger charge is -2.03. The molecule has 0 saturated heterocycles. The van der Waals surface area contributed by atoms with Gasteiger partial charge in [0.15, 0.2) is 0 Å². The lowest BCUT2D eigenvalue weighted by Crippen LogP contribution is -2.14. The van der Waals surface area contributed by atoms with Crippen LogP contribution in [0.25, 0.3) is 11.3 Å². The molecule has 0 amide bonds. The van der Waals surface area contributed by atoms with Crippen LogP contribution < -0.4 is 5.32 Å². The van der Waals surface area contributed by atoms with E-state index in [0.29, 0.717) is 5.56 Å². The predicted octanol–water partition coefficient (Wildman–Crippen LogP) is 5.18. The molecule has 1 aromatic heterocycles. The number of benzene rings is 1. The highest BCUT2D eigenvalue weighted by Gasteiger charge is 2.08. The number of methoxy groups -OCH3 is 1. The SMILES string of the molecule is CCCCCCCCNCc1ccc(-c2ccc(C(=O)OC)cc2)o1. The second-order valence-electron chi connectivity index (χ2n) is 6.28. The van der Waals surface area contributed by atoms with Crippen molar-refractivity contribution >= 4 is 5.97 Å². The van der Waals surface area contributed by atoms with Crippen LogP contribution in [0.2, 0.25) is 0 Å². The maximum Gasteiger partial charge on any atom is 0.337 e. The Morgan fingerprint density at radius 3 is 2.44 bits per heavy atom. The van der Waals surface area contributed by atoms with Crippen LogP contribution in [0.3, 0.4) is 0 Å². The van der Waals surface area contributed by atoms with Crippen molar-refractivity contribution in [2.24, 2.45) is 0 Å². The molecule has 0 aliphatic carbocycles. The minimum absolute atomic E-state index is 0.328. The van der Waals surface area contributed by atoms with Gasteiger partial charge in [-0.1, -0.05) is 51.2 Å². The molecule has 0 atom stereocenters. The zero-order chi connectivity index (χ0) is 17.9. The van der Waals surface area contributed by atoms with E-state index in [4.69, 9.17) is 9.15 Å². The van der Waals surface area contributed by atoms with E-state index in [9.17, 15) is 4.79 Å². The fraction of sp³-hybridized carbons (Fsp3) is 0.476. The Balaban J connectivity index is 1.73. The lowest BCUT2D eigenvalue weighted by molar-refractivity contribution is 0.0600. The number of esters is 1. The Kier molecular flexibility index (Phi) is 8.26. The summed E-state index contributed by atoms with van der Waals surface area (Å²) in [6.07, 6.45) is 7.84. The maximum absolute atomic E-state index is 11.5. The first-order valence-electron chi connectivity index (χ1n) is 9.22. The molecule has 2 aromatic rings. The predicted molar refractivity (Wildman–Crippen MR) is 101 cm³/mol. The van der Waals surface area contributed by atoms with Crippen molar-refractivity contribution in [2.45, 2.75) is 52.0 Å². The quantitative estimate of drug-likeness (QED) is 0.451. The number of hydrogen-bond acceptors (Lipinski definition) is 4. The molecule has 0 saturated carbocycles. The van der Waals surface area contributed by atoms with Gasteiger partial charge in [0.05, 0.1) is 19.2 Å². The molecule has 0 unspecified atom stereocenters. The standard InChI is InChI=1S/C21H29NO3/c1-3-4-5-6-7-8-15-22-16-19-13-14-20(25-19)17-9-11-18(12-10-17)21(23)24-2/h9-14,22H,3-8,15-16H2,1-2H3. The van der Waals surface area contributed by atoms with Gasteiger partial charge in [0.2, 0.25) is 0 Å². The number of ether oxygens (including phenoxy) is 1. The van der Waals surface area contributed by atoms with Gasteiger partial charge in [-0.3, -0.25) is 0 Å². The minimum Gasteiger partial charge on any atom is -0.465 e. The van der Waals surface area contributed by atoms with E-state index in [2.05, 4.69) is 12.2 Å². The summed E-state index contributed by atoms with van der Waals surface area (Å²) in [7, 11) is 1.38. The van der Waals surface area contributed by atoms with Gasteiger partial charge >= 0.3 is 5.97 Å². The van der Waals surface area contributed by atoms with Crippen LogP contribution in [-0.2, 0) is 11.3 Å². The smallest absolute Gasteiger partial charge is 0.337 e. The topological polar surface area (TPSA) is 51.5 Å². The molecule has 0 spiro atoms. The van der Waals surface area contributed by atoms with Crippen LogP contribution in [0.5, 0.6) is 0 Å². The fourth-order valence-electron chi connectivity index (χ4n) is 2.76. The molecule has 0 aliphatic heterocycles. The number of nitrogens with one attached hydrogen (secondary N) is 1. The first-order valence-corrected chi connectivity index (χ1v) is 9.22. The van der Waals surface area contributed by atoms with Crippen molar-refractivity contribution in [3.63, 3.8) is 0 Å². The molecular weight excluding hydrogens is 314 g/mol. The summed E-state index contributed by atoms with van der Waals surface area (Å²) in [5.41, 5.74) is 1.49. The Morgan fingerprint density at radius 1 is 1.00 bits per heavy atom. The van der Waals surface area contributed by atoms with Crippen LogP contribution in [0.15, 0.2) is 40.8 Å². The fourth-order valence-corrected chi connectivity index (χ4v) is 2.76. The second-order valence-corrected chi connectivity index (χ2v) is 6.28. The van der Waals surface area contributed by atoms with Crippen LogP contribution >= 0.6 is 0 Å². The van der Waals surface area contributed by atoms with Gasteiger partial charge in [-0.15, -0.1) is 0 Å². The Morgan fingerprint density at radius 2 is 1.72 bits per heavy atom. The third kappa shape index (κ3) is 6.39. The molecule has 1 aromatic carbocycles. The Bertz CT molecular complexity index is 631. The summed E-state index contributed by atoms with van der Waals surface area (Å²) in [6.45, 7) is 4.01. The molecule has 0 fully saturated rings. The van der Waals surface area contributed by atoms with Gasteiger partial charge in [0.25, 0.3) is 0 Å². The summed E-state index contributed by atoms with van der Waals surface area (Å²) in [4.78, 5) is 11.5. The molecular formula is C21H29NO3. The molecule has 0 aliphatic rings. The molecule has 136 valence electrons. The van der Waals surface area contributed by atoms with E-state index in [1.54, 1.807) is 12.1 Å². The van der Waals surface area contributed by atoms with Crippen molar-refractivity contribution in [3.8, 4) is 11.3 Å². The monoisotopic (exact) mass is 343 g/mol. The van der Waals surface area contributed by atoms with Crippen LogP contribution in [0, 0.1) is 0 Å². The third-order valence-corrected chi connectivity index (χ3v) is 4.26. The molecule has 25 heavy (non-hydrogen) atoms. The van der Waals surface area contributed by atoms with Gasteiger partial charge < -0.3 is 14.5 Å². The van der Waals surface area contributed by atoms with Crippen molar-refractivity contribution in [3.05, 3.63) is 47.7 Å². The minimum atomic E-state index is -0.328. The van der Waals surface area contributed by atoms with E-state index in [1.165, 1.54) is 45.6 Å². The second kappa shape index (κ2) is 10.7. The van der Waals surface area contributed by atoms with Gasteiger partial charge in [0.1, 0.15) is 11.5 Å². The van der Waals surface area contributed by atoms with Crippen molar-refractivity contribution < 1.29 is 13.9 Å². The molecule has 4 heteroatoms. The lowest BCUT2D eigenvalue weighted by atomic mass is 10.1. The normalized spacial score (nSPS) is 10.8. The molecule has 2 rings (SSSR count). The summed E-state index contributed by atoms with van der Waals surface area (Å²) >= 11 is 0. The summed E-state index contributed by atoms with van der Waals surface area (Å²) < 4.78 is 10.6. The largest absolute Gasteiger partial charge is 0.465 e. The van der Waals surface area contributed by atoms with Gasteiger partial charge in [-0.05, 0) is 37.2 Å². The van der Waals surface area contributed by atoms with Crippen LogP contribution in [0.1, 0.15) is 61.6 Å². The summed E-state index contributed by atoms with van der Waals surface area (Å²) in [5.74, 6) is 1.41. The van der Waals surface area contributed by atoms with Crippen molar-refractivity contribution in [1.29, 1.82) is 0 Å². The Hall–Kier alpha value is -2.07. The Labute approximate surface area is 150 Å². The molecule has 4 nitrogen and oxygen atoms in total. The van der Waals surface area contributed by atoms with E-state index in [1.807, 2.05) is 24.3 Å². The molecule has 1 heterocycles. The van der Waals surface area contributed by atoms with E-state index in [0.717, 1.165) is 30.2 Å². The number of rotatable bonds is 11. The van der Waals surface area contributed by atoms with Crippen molar-refractivity contribution in [1.82, 2.24) is 5.32 Å². The first kappa shape index (κ1) is 19.3. The van der Waals surface area contributed by atoms with Gasteiger partial charge in [0, 0.05) is 5.56 Å². The highest BCUT2D eigenvalue weighted by atomic mass is 16.5. The van der Waals surface area contributed by atoms with Gasteiger partial charge in [-0.2, -0.15) is 0 Å². The molecule has 0 radical (unpaired) electrons. The van der Waals surface area contributed by atoms with E-state index >= 15 is 0 Å². The number of carbonyl (C=O) groups is 1. The first-order chi connectivity index (χ1) is 12.2. The van der Waals surface area contributed by atoms with E-state index in [-0.39, 0.29) is 5.97 Å². The zero-order valence-corrected chi connectivity index (χ0v) is 15.3. The summed E-state index contributed by atoms with van der Waals surface area (Å²) in [6, 6.07) is 11.2. The number of furan rings is 1. The number of unbranched alkanes of at least 4 members (excludes halogenated alkanes) is 5. The van der Waals surface area contributed by atoms with E-state index < -0.39 is 0 Å². The zero-order valence-electron chi connectivity index (χ0n) is 15.3. The summed E-state index contributed by atoms with van der Waals surface area (Å²) in [5, 5.41) is 3.43. The highest BCUT2D eigenvalue weighted by molar-refractivity contribution is 5.89. The third-order valence-electron chi connectivity index (χ3n) is 4.26. The molecule has 1 N–H and O–H groups in total. The number of carbonyl (C=O) groups excluding carboxylic acids is 1. The highest BCUT2D eigenvalue weighted by Crippen LogP contribution is 2.22. The average molecular weight is 343 g/mol. The number of hydrogen-bond donors (Lipinski definition) is 1. The molecule has 0 bridgehead atoms. The average Bonchev–Trinajstić information content (AvgIpc) is 3.12. The van der Waals surface area contributed by atoms with Crippen molar-refractivity contribution in [2.75, 3.05) is 13.7 Å². The van der Waals surface area contributed by atoms with Gasteiger partial charge in [-0.25, -0.2) is 4.79 Å². The van der Waals surface area contributed by atoms with Crippen LogP contribution in [0.4, 0.5) is 0 Å². The maximum atomic E-state index is 11.5.